The molecule has 106 valence electrons. The van der Waals surface area contributed by atoms with Crippen molar-refractivity contribution >= 4 is 5.97 Å². The van der Waals surface area contributed by atoms with Crippen molar-refractivity contribution in [3.8, 4) is 5.75 Å². The molecule has 0 fully saturated rings. The molecule has 5 nitrogen and oxygen atoms in total. The van der Waals surface area contributed by atoms with E-state index in [0.717, 1.165) is 4.57 Å². The number of halogens is 2. The number of nitrogens with zero attached hydrogens (tertiary/aromatic N) is 2. The highest BCUT2D eigenvalue weighted by molar-refractivity contribution is 5.89. The minimum absolute atomic E-state index is 0.0884. The molecule has 0 saturated carbocycles. The fourth-order valence-electron chi connectivity index (χ4n) is 1.59. The number of alkyl halides is 2. The van der Waals surface area contributed by atoms with E-state index in [4.69, 9.17) is 4.74 Å². The Bertz CT molecular complexity index is 582. The fourth-order valence-corrected chi connectivity index (χ4v) is 1.59. The number of hydrogen-bond acceptors (Lipinski definition) is 4. The van der Waals surface area contributed by atoms with Crippen LogP contribution in [0.4, 0.5) is 8.78 Å². The Morgan fingerprint density at radius 3 is 2.65 bits per heavy atom. The molecule has 0 N–H and O–H groups in total. The summed E-state index contributed by atoms with van der Waals surface area (Å²) in [6.07, 6.45) is 2.47. The number of methoxy groups -OCH3 is 1. The molecule has 0 saturated heterocycles. The van der Waals surface area contributed by atoms with Crippen molar-refractivity contribution in [2.24, 2.45) is 0 Å². The molecule has 0 spiro atoms. The SMILES string of the molecule is COC(=O)c1ccc(OCc2nccn2C(F)F)cc1. The first-order chi connectivity index (χ1) is 9.61. The first kappa shape index (κ1) is 14.0. The summed E-state index contributed by atoms with van der Waals surface area (Å²) in [7, 11) is 1.29. The van der Waals surface area contributed by atoms with E-state index in [1.54, 1.807) is 12.1 Å². The smallest absolute Gasteiger partial charge is 0.337 e. The zero-order chi connectivity index (χ0) is 14.5. The summed E-state index contributed by atoms with van der Waals surface area (Å²) in [6.45, 7) is -2.74. The van der Waals surface area contributed by atoms with E-state index in [0.29, 0.717) is 11.3 Å². The van der Waals surface area contributed by atoms with Gasteiger partial charge in [-0.3, -0.25) is 4.57 Å². The van der Waals surface area contributed by atoms with E-state index in [-0.39, 0.29) is 12.4 Å². The van der Waals surface area contributed by atoms with Crippen LogP contribution >= 0.6 is 0 Å². The van der Waals surface area contributed by atoms with Crippen molar-refractivity contribution in [1.29, 1.82) is 0 Å². The molecular weight excluding hydrogens is 270 g/mol. The third-order valence-corrected chi connectivity index (χ3v) is 2.60. The lowest BCUT2D eigenvalue weighted by Gasteiger charge is -2.08. The first-order valence-electron chi connectivity index (χ1n) is 5.73. The minimum atomic E-state index is -2.65. The van der Waals surface area contributed by atoms with Gasteiger partial charge in [-0.15, -0.1) is 0 Å². The normalized spacial score (nSPS) is 10.6. The van der Waals surface area contributed by atoms with Crippen LogP contribution in [0, 0.1) is 0 Å². The van der Waals surface area contributed by atoms with Crippen LogP contribution in [0.15, 0.2) is 36.7 Å². The van der Waals surface area contributed by atoms with Crippen molar-refractivity contribution in [2.75, 3.05) is 7.11 Å². The highest BCUT2D eigenvalue weighted by atomic mass is 19.3. The minimum Gasteiger partial charge on any atom is -0.486 e. The molecule has 0 aliphatic carbocycles. The van der Waals surface area contributed by atoms with Gasteiger partial charge in [0, 0.05) is 12.4 Å². The maximum absolute atomic E-state index is 12.6. The van der Waals surface area contributed by atoms with Gasteiger partial charge >= 0.3 is 12.5 Å². The predicted molar refractivity (Wildman–Crippen MR) is 65.6 cm³/mol. The van der Waals surface area contributed by atoms with Gasteiger partial charge in [0.1, 0.15) is 12.4 Å². The van der Waals surface area contributed by atoms with Gasteiger partial charge in [0.2, 0.25) is 0 Å². The molecule has 0 unspecified atom stereocenters. The average Bonchev–Trinajstić information content (AvgIpc) is 2.93. The zero-order valence-corrected chi connectivity index (χ0v) is 10.6. The van der Waals surface area contributed by atoms with Crippen LogP contribution in [0.1, 0.15) is 22.7 Å². The number of benzene rings is 1. The van der Waals surface area contributed by atoms with E-state index in [9.17, 15) is 13.6 Å². The largest absolute Gasteiger partial charge is 0.486 e. The second kappa shape index (κ2) is 6.14. The molecular formula is C13H12F2N2O3. The Kier molecular flexibility index (Phi) is 4.29. The highest BCUT2D eigenvalue weighted by Gasteiger charge is 2.12. The second-order valence-corrected chi connectivity index (χ2v) is 3.83. The van der Waals surface area contributed by atoms with E-state index < -0.39 is 12.5 Å². The molecule has 0 aliphatic rings. The van der Waals surface area contributed by atoms with Gasteiger partial charge in [0.15, 0.2) is 5.82 Å². The lowest BCUT2D eigenvalue weighted by atomic mass is 10.2. The zero-order valence-electron chi connectivity index (χ0n) is 10.6. The third-order valence-electron chi connectivity index (χ3n) is 2.60. The maximum atomic E-state index is 12.6. The molecule has 0 bridgehead atoms. The van der Waals surface area contributed by atoms with Crippen molar-refractivity contribution in [3.63, 3.8) is 0 Å². The summed E-state index contributed by atoms with van der Waals surface area (Å²) >= 11 is 0. The van der Waals surface area contributed by atoms with Crippen LogP contribution in [0.25, 0.3) is 0 Å². The number of aromatic nitrogens is 2. The Hall–Kier alpha value is -2.44. The van der Waals surface area contributed by atoms with Crippen molar-refractivity contribution < 1.29 is 23.0 Å². The molecule has 2 aromatic rings. The van der Waals surface area contributed by atoms with E-state index in [1.165, 1.54) is 31.6 Å². The Labute approximate surface area is 113 Å². The molecule has 0 atom stereocenters. The fraction of sp³-hybridized carbons (Fsp3) is 0.231. The first-order valence-corrected chi connectivity index (χ1v) is 5.73. The number of rotatable bonds is 5. The Balaban J connectivity index is 2.00. The maximum Gasteiger partial charge on any atom is 0.337 e. The molecule has 1 aromatic carbocycles. The summed E-state index contributed by atoms with van der Waals surface area (Å²) in [5.41, 5.74) is 0.383. The van der Waals surface area contributed by atoms with E-state index in [2.05, 4.69) is 9.72 Å². The monoisotopic (exact) mass is 282 g/mol. The number of carbonyl (C=O) groups is 1. The lowest BCUT2D eigenvalue weighted by molar-refractivity contribution is 0.0598. The van der Waals surface area contributed by atoms with Crippen LogP contribution in [-0.4, -0.2) is 22.6 Å². The summed E-state index contributed by atoms with van der Waals surface area (Å²) in [6, 6.07) is 6.17. The predicted octanol–water partition coefficient (Wildman–Crippen LogP) is 2.64. The van der Waals surface area contributed by atoms with Crippen LogP contribution in [0.2, 0.25) is 0 Å². The van der Waals surface area contributed by atoms with Gasteiger partial charge in [0.05, 0.1) is 12.7 Å². The Morgan fingerprint density at radius 2 is 2.05 bits per heavy atom. The number of ether oxygens (including phenoxy) is 2. The van der Waals surface area contributed by atoms with Gasteiger partial charge in [-0.25, -0.2) is 9.78 Å². The Morgan fingerprint density at radius 1 is 1.35 bits per heavy atom. The number of esters is 1. The quantitative estimate of drug-likeness (QED) is 0.791. The van der Waals surface area contributed by atoms with Crippen molar-refractivity contribution in [2.45, 2.75) is 13.2 Å². The molecule has 1 aromatic heterocycles. The average molecular weight is 282 g/mol. The van der Waals surface area contributed by atoms with Crippen LogP contribution in [-0.2, 0) is 11.3 Å². The molecule has 1 heterocycles. The molecule has 0 radical (unpaired) electrons. The molecule has 0 aliphatic heterocycles. The molecule has 20 heavy (non-hydrogen) atoms. The topological polar surface area (TPSA) is 53.4 Å². The van der Waals surface area contributed by atoms with Gasteiger partial charge < -0.3 is 9.47 Å². The van der Waals surface area contributed by atoms with E-state index >= 15 is 0 Å². The summed E-state index contributed by atoms with van der Waals surface area (Å²) in [5.74, 6) is 0.114. The van der Waals surface area contributed by atoms with Gasteiger partial charge in [0.25, 0.3) is 0 Å². The third kappa shape index (κ3) is 3.11. The van der Waals surface area contributed by atoms with Crippen molar-refractivity contribution in [1.82, 2.24) is 9.55 Å². The van der Waals surface area contributed by atoms with Crippen LogP contribution in [0.5, 0.6) is 5.75 Å². The molecule has 7 heteroatoms. The molecule has 0 amide bonds. The van der Waals surface area contributed by atoms with Crippen molar-refractivity contribution in [3.05, 3.63) is 48.0 Å². The van der Waals surface area contributed by atoms with Gasteiger partial charge in [-0.05, 0) is 24.3 Å². The highest BCUT2D eigenvalue weighted by Crippen LogP contribution is 2.17. The number of hydrogen-bond donors (Lipinski definition) is 0. The summed E-state index contributed by atoms with van der Waals surface area (Å²) in [5, 5.41) is 0. The van der Waals surface area contributed by atoms with Crippen LogP contribution in [0.3, 0.4) is 0 Å². The number of imidazole rings is 1. The second-order valence-electron chi connectivity index (χ2n) is 3.83. The summed E-state index contributed by atoms with van der Waals surface area (Å²) in [4.78, 5) is 15.0. The van der Waals surface area contributed by atoms with Gasteiger partial charge in [-0.1, -0.05) is 0 Å². The van der Waals surface area contributed by atoms with Crippen LogP contribution < -0.4 is 4.74 Å². The summed E-state index contributed by atoms with van der Waals surface area (Å²) < 4.78 is 35.8. The number of carbonyl (C=O) groups excluding carboxylic acids is 1. The standard InChI is InChI=1S/C13H12F2N2O3/c1-19-12(18)9-2-4-10(5-3-9)20-8-11-16-6-7-17(11)13(14)15/h2-7,13H,8H2,1H3. The molecule has 2 rings (SSSR count). The lowest BCUT2D eigenvalue weighted by Crippen LogP contribution is -2.07. The van der Waals surface area contributed by atoms with E-state index in [1.807, 2.05) is 0 Å². The van der Waals surface area contributed by atoms with Gasteiger partial charge in [-0.2, -0.15) is 8.78 Å².